The molecule has 0 aliphatic rings. The lowest BCUT2D eigenvalue weighted by Gasteiger charge is -2.07. The van der Waals surface area contributed by atoms with Crippen molar-refractivity contribution in [2.75, 3.05) is 11.1 Å². The standard InChI is InChI=1S/C15H17ClN2O2S/c1-9-4-5-14(13(16)6-9)17-15(19)8-21-7-12-10(2)18-20-11(12)3/h4-6H,7-8H2,1-3H3,(H,17,19). The van der Waals surface area contributed by atoms with E-state index in [2.05, 4.69) is 10.5 Å². The topological polar surface area (TPSA) is 55.1 Å². The van der Waals surface area contributed by atoms with E-state index in [1.54, 1.807) is 0 Å². The fourth-order valence-electron chi connectivity index (χ4n) is 1.86. The van der Waals surface area contributed by atoms with E-state index in [1.165, 1.54) is 11.8 Å². The van der Waals surface area contributed by atoms with Crippen molar-refractivity contribution in [3.8, 4) is 0 Å². The summed E-state index contributed by atoms with van der Waals surface area (Å²) in [5, 5.41) is 7.27. The highest BCUT2D eigenvalue weighted by atomic mass is 35.5. The molecule has 0 radical (unpaired) electrons. The Bertz CT molecular complexity index is 636. The highest BCUT2D eigenvalue weighted by molar-refractivity contribution is 7.99. The Morgan fingerprint density at radius 2 is 2.14 bits per heavy atom. The third-order valence-electron chi connectivity index (χ3n) is 3.06. The van der Waals surface area contributed by atoms with Crippen LogP contribution in [0.2, 0.25) is 5.02 Å². The van der Waals surface area contributed by atoms with Crippen molar-refractivity contribution in [3.05, 3.63) is 45.8 Å². The minimum atomic E-state index is -0.0717. The van der Waals surface area contributed by atoms with Gasteiger partial charge in [-0.25, -0.2) is 0 Å². The summed E-state index contributed by atoms with van der Waals surface area (Å²) in [6, 6.07) is 5.56. The smallest absolute Gasteiger partial charge is 0.234 e. The minimum absolute atomic E-state index is 0.0717. The Morgan fingerprint density at radius 1 is 1.38 bits per heavy atom. The van der Waals surface area contributed by atoms with E-state index in [0.29, 0.717) is 22.2 Å². The van der Waals surface area contributed by atoms with Crippen molar-refractivity contribution < 1.29 is 9.32 Å². The summed E-state index contributed by atoms with van der Waals surface area (Å²) in [6.07, 6.45) is 0. The van der Waals surface area contributed by atoms with Gasteiger partial charge in [0.1, 0.15) is 5.76 Å². The number of halogens is 1. The van der Waals surface area contributed by atoms with Gasteiger partial charge < -0.3 is 9.84 Å². The molecule has 4 nitrogen and oxygen atoms in total. The van der Waals surface area contributed by atoms with Gasteiger partial charge in [-0.3, -0.25) is 4.79 Å². The van der Waals surface area contributed by atoms with Crippen LogP contribution in [0.25, 0.3) is 0 Å². The quantitative estimate of drug-likeness (QED) is 0.898. The number of amides is 1. The van der Waals surface area contributed by atoms with Crippen molar-refractivity contribution in [2.24, 2.45) is 0 Å². The molecule has 0 bridgehead atoms. The summed E-state index contributed by atoms with van der Waals surface area (Å²) in [5.74, 6) is 1.80. The number of thioether (sulfide) groups is 1. The average Bonchev–Trinajstić information content (AvgIpc) is 2.74. The molecule has 0 saturated carbocycles. The lowest BCUT2D eigenvalue weighted by Crippen LogP contribution is -2.14. The first-order valence-electron chi connectivity index (χ1n) is 6.53. The molecule has 0 saturated heterocycles. The number of aromatic nitrogens is 1. The number of benzene rings is 1. The fourth-order valence-corrected chi connectivity index (χ4v) is 3.12. The van der Waals surface area contributed by atoms with Crippen molar-refractivity contribution in [3.63, 3.8) is 0 Å². The Kier molecular flexibility index (Phi) is 5.31. The van der Waals surface area contributed by atoms with Gasteiger partial charge in [0.05, 0.1) is 22.2 Å². The van der Waals surface area contributed by atoms with Gasteiger partial charge in [0.25, 0.3) is 0 Å². The van der Waals surface area contributed by atoms with E-state index in [4.69, 9.17) is 16.1 Å². The first kappa shape index (κ1) is 15.9. The predicted molar refractivity (Wildman–Crippen MR) is 87.0 cm³/mol. The molecule has 0 aliphatic heterocycles. The second-order valence-corrected chi connectivity index (χ2v) is 6.22. The molecular weight excluding hydrogens is 308 g/mol. The first-order chi connectivity index (χ1) is 9.97. The van der Waals surface area contributed by atoms with Crippen LogP contribution in [-0.4, -0.2) is 16.8 Å². The average molecular weight is 325 g/mol. The number of rotatable bonds is 5. The largest absolute Gasteiger partial charge is 0.361 e. The zero-order chi connectivity index (χ0) is 15.4. The lowest BCUT2D eigenvalue weighted by molar-refractivity contribution is -0.113. The van der Waals surface area contributed by atoms with Gasteiger partial charge in [-0.1, -0.05) is 22.8 Å². The number of anilines is 1. The molecule has 0 fully saturated rings. The van der Waals surface area contributed by atoms with Crippen molar-refractivity contribution in [1.29, 1.82) is 0 Å². The maximum Gasteiger partial charge on any atom is 0.234 e. The zero-order valence-electron chi connectivity index (χ0n) is 12.2. The van der Waals surface area contributed by atoms with Crippen LogP contribution < -0.4 is 5.32 Å². The van der Waals surface area contributed by atoms with Crippen molar-refractivity contribution in [2.45, 2.75) is 26.5 Å². The summed E-state index contributed by atoms with van der Waals surface area (Å²) in [5.41, 5.74) is 3.64. The highest BCUT2D eigenvalue weighted by Crippen LogP contribution is 2.23. The van der Waals surface area contributed by atoms with Crippen LogP contribution in [0, 0.1) is 20.8 Å². The van der Waals surface area contributed by atoms with E-state index in [-0.39, 0.29) is 5.91 Å². The van der Waals surface area contributed by atoms with Crippen LogP contribution in [0.5, 0.6) is 0 Å². The van der Waals surface area contributed by atoms with Gasteiger partial charge in [-0.2, -0.15) is 0 Å². The maximum absolute atomic E-state index is 11.9. The first-order valence-corrected chi connectivity index (χ1v) is 8.06. The zero-order valence-corrected chi connectivity index (χ0v) is 13.8. The second kappa shape index (κ2) is 7.00. The fraction of sp³-hybridized carbons (Fsp3) is 0.333. The van der Waals surface area contributed by atoms with Gasteiger partial charge >= 0.3 is 0 Å². The Hall–Kier alpha value is -1.46. The summed E-state index contributed by atoms with van der Waals surface area (Å²) < 4.78 is 5.09. The molecule has 1 amide bonds. The number of hydrogen-bond acceptors (Lipinski definition) is 4. The number of nitrogens with zero attached hydrogens (tertiary/aromatic N) is 1. The molecule has 2 aromatic rings. The van der Waals surface area contributed by atoms with E-state index in [9.17, 15) is 4.79 Å². The molecule has 6 heteroatoms. The predicted octanol–water partition coefficient (Wildman–Crippen LogP) is 4.13. The molecule has 0 aliphatic carbocycles. The normalized spacial score (nSPS) is 10.7. The SMILES string of the molecule is Cc1ccc(NC(=O)CSCc2c(C)noc2C)c(Cl)c1. The van der Waals surface area contributed by atoms with Gasteiger partial charge in [0.2, 0.25) is 5.91 Å². The molecule has 0 unspecified atom stereocenters. The molecule has 112 valence electrons. The maximum atomic E-state index is 11.9. The minimum Gasteiger partial charge on any atom is -0.361 e. The number of carbonyl (C=O) groups is 1. The highest BCUT2D eigenvalue weighted by Gasteiger charge is 2.11. The van der Waals surface area contributed by atoms with Gasteiger partial charge in [0, 0.05) is 11.3 Å². The summed E-state index contributed by atoms with van der Waals surface area (Å²) in [4.78, 5) is 11.9. The molecule has 21 heavy (non-hydrogen) atoms. The molecule has 1 N–H and O–H groups in total. The summed E-state index contributed by atoms with van der Waals surface area (Å²) in [6.45, 7) is 5.73. The van der Waals surface area contributed by atoms with E-state index >= 15 is 0 Å². The van der Waals surface area contributed by atoms with Crippen molar-refractivity contribution in [1.82, 2.24) is 5.16 Å². The molecule has 1 heterocycles. The Balaban J connectivity index is 1.85. The van der Waals surface area contributed by atoms with Crippen LogP contribution in [0.4, 0.5) is 5.69 Å². The van der Waals surface area contributed by atoms with E-state index < -0.39 is 0 Å². The second-order valence-electron chi connectivity index (χ2n) is 4.83. The van der Waals surface area contributed by atoms with Gasteiger partial charge in [-0.15, -0.1) is 11.8 Å². The summed E-state index contributed by atoms with van der Waals surface area (Å²) in [7, 11) is 0. The van der Waals surface area contributed by atoms with E-state index in [1.807, 2.05) is 39.0 Å². The van der Waals surface area contributed by atoms with Crippen LogP contribution >= 0.6 is 23.4 Å². The summed E-state index contributed by atoms with van der Waals surface area (Å²) >= 11 is 7.61. The third kappa shape index (κ3) is 4.25. The molecule has 0 atom stereocenters. The monoisotopic (exact) mass is 324 g/mol. The molecule has 0 spiro atoms. The Morgan fingerprint density at radius 3 is 2.76 bits per heavy atom. The molecule has 1 aromatic heterocycles. The van der Waals surface area contributed by atoms with Crippen LogP contribution in [-0.2, 0) is 10.5 Å². The Labute approximate surface area is 133 Å². The van der Waals surface area contributed by atoms with Gasteiger partial charge in [0.15, 0.2) is 0 Å². The number of nitrogens with one attached hydrogen (secondary N) is 1. The lowest BCUT2D eigenvalue weighted by atomic mass is 10.2. The van der Waals surface area contributed by atoms with Crippen molar-refractivity contribution >= 4 is 35.0 Å². The number of carbonyl (C=O) groups excluding carboxylic acids is 1. The third-order valence-corrected chi connectivity index (χ3v) is 4.33. The number of hydrogen-bond donors (Lipinski definition) is 1. The van der Waals surface area contributed by atoms with Gasteiger partial charge in [-0.05, 0) is 38.5 Å². The van der Waals surface area contributed by atoms with E-state index in [0.717, 1.165) is 22.6 Å². The van der Waals surface area contributed by atoms with Crippen LogP contribution in [0.1, 0.15) is 22.6 Å². The molecular formula is C15H17ClN2O2S. The molecule has 1 aromatic carbocycles. The van der Waals surface area contributed by atoms with Crippen LogP contribution in [0.15, 0.2) is 22.7 Å². The van der Waals surface area contributed by atoms with Crippen LogP contribution in [0.3, 0.4) is 0 Å². The number of aryl methyl sites for hydroxylation is 3. The molecule has 2 rings (SSSR count).